The fourth-order valence-electron chi connectivity index (χ4n) is 1.83. The minimum atomic E-state index is -0.695. The number of hydrogen-bond donors (Lipinski definition) is 1. The van der Waals surface area contributed by atoms with Crippen molar-refractivity contribution in [3.8, 4) is 0 Å². The van der Waals surface area contributed by atoms with E-state index in [4.69, 9.17) is 5.11 Å². The van der Waals surface area contributed by atoms with E-state index in [0.717, 1.165) is 32.1 Å². The van der Waals surface area contributed by atoms with Crippen LogP contribution in [0, 0.1) is 0 Å². The number of carboxylic acid groups (broad SMARTS) is 1. The molecule has 0 unspecified atom stereocenters. The third-order valence-electron chi connectivity index (χ3n) is 3.03. The van der Waals surface area contributed by atoms with Crippen LogP contribution in [-0.4, -0.2) is 16.6 Å². The van der Waals surface area contributed by atoms with Crippen molar-refractivity contribution in [2.75, 3.05) is 0 Å². The van der Waals surface area contributed by atoms with Crippen molar-refractivity contribution in [2.45, 2.75) is 71.1 Å². The Labute approximate surface area is 129 Å². The molecule has 0 rings (SSSR count). The SMILES string of the molecule is CCCCC/C=C\C/C=C\C/C=C\CCCCC(=O)O.O. The molecule has 0 fully saturated rings. The fraction of sp³-hybridized carbons (Fsp3) is 0.611. The van der Waals surface area contributed by atoms with Gasteiger partial charge in [0.05, 0.1) is 0 Å². The van der Waals surface area contributed by atoms with Crippen molar-refractivity contribution >= 4 is 5.97 Å². The molecule has 0 saturated heterocycles. The molecule has 0 aromatic heterocycles. The van der Waals surface area contributed by atoms with E-state index in [1.54, 1.807) is 0 Å². The highest BCUT2D eigenvalue weighted by atomic mass is 16.4. The Balaban J connectivity index is 0. The zero-order valence-electron chi connectivity index (χ0n) is 13.4. The minimum Gasteiger partial charge on any atom is -0.481 e. The van der Waals surface area contributed by atoms with Crippen LogP contribution in [0.4, 0.5) is 0 Å². The summed E-state index contributed by atoms with van der Waals surface area (Å²) in [5.74, 6) is -0.695. The first kappa shape index (κ1) is 21.9. The van der Waals surface area contributed by atoms with Gasteiger partial charge >= 0.3 is 5.97 Å². The van der Waals surface area contributed by atoms with E-state index in [9.17, 15) is 4.79 Å². The van der Waals surface area contributed by atoms with Gasteiger partial charge in [-0.2, -0.15) is 0 Å². The van der Waals surface area contributed by atoms with Crippen LogP contribution in [-0.2, 0) is 4.79 Å². The second-order valence-electron chi connectivity index (χ2n) is 5.02. The largest absolute Gasteiger partial charge is 0.481 e. The maximum atomic E-state index is 10.3. The highest BCUT2D eigenvalue weighted by molar-refractivity contribution is 5.66. The summed E-state index contributed by atoms with van der Waals surface area (Å²) in [6.45, 7) is 2.23. The van der Waals surface area contributed by atoms with Gasteiger partial charge in [-0.3, -0.25) is 4.79 Å². The van der Waals surface area contributed by atoms with E-state index >= 15 is 0 Å². The van der Waals surface area contributed by atoms with Crippen molar-refractivity contribution in [3.63, 3.8) is 0 Å². The molecule has 3 heteroatoms. The first-order valence-corrected chi connectivity index (χ1v) is 7.94. The topological polar surface area (TPSA) is 68.8 Å². The molecule has 0 radical (unpaired) electrons. The first-order valence-electron chi connectivity index (χ1n) is 7.94. The normalized spacial score (nSPS) is 11.5. The molecule has 21 heavy (non-hydrogen) atoms. The molecule has 0 aromatic rings. The Bertz CT molecular complexity index is 304. The van der Waals surface area contributed by atoms with Gasteiger partial charge < -0.3 is 10.6 Å². The molecule has 0 aliphatic rings. The van der Waals surface area contributed by atoms with Crippen LogP contribution in [0.5, 0.6) is 0 Å². The zero-order chi connectivity index (χ0) is 14.9. The smallest absolute Gasteiger partial charge is 0.303 e. The third kappa shape index (κ3) is 21.1. The number of aliphatic carboxylic acids is 1. The van der Waals surface area contributed by atoms with E-state index in [-0.39, 0.29) is 5.48 Å². The molecule has 3 N–H and O–H groups in total. The lowest BCUT2D eigenvalue weighted by molar-refractivity contribution is -0.137. The van der Waals surface area contributed by atoms with Crippen molar-refractivity contribution in [2.24, 2.45) is 0 Å². The maximum absolute atomic E-state index is 10.3. The second-order valence-corrected chi connectivity index (χ2v) is 5.02. The van der Waals surface area contributed by atoms with Crippen LogP contribution in [0.15, 0.2) is 36.5 Å². The summed E-state index contributed by atoms with van der Waals surface area (Å²) in [4.78, 5) is 10.3. The van der Waals surface area contributed by atoms with Crippen LogP contribution in [0.2, 0.25) is 0 Å². The van der Waals surface area contributed by atoms with E-state index in [0.29, 0.717) is 6.42 Å². The van der Waals surface area contributed by atoms with Gasteiger partial charge in [-0.1, -0.05) is 56.2 Å². The molecule has 0 aliphatic heterocycles. The molecule has 3 nitrogen and oxygen atoms in total. The van der Waals surface area contributed by atoms with Crippen LogP contribution < -0.4 is 0 Å². The van der Waals surface area contributed by atoms with Gasteiger partial charge in [0.15, 0.2) is 0 Å². The monoisotopic (exact) mass is 296 g/mol. The van der Waals surface area contributed by atoms with Crippen LogP contribution in [0.1, 0.15) is 71.1 Å². The van der Waals surface area contributed by atoms with Gasteiger partial charge in [0.25, 0.3) is 0 Å². The van der Waals surface area contributed by atoms with E-state index in [1.165, 1.54) is 25.7 Å². The number of hydrogen-bond acceptors (Lipinski definition) is 1. The molecule has 0 spiro atoms. The van der Waals surface area contributed by atoms with Gasteiger partial charge in [0.2, 0.25) is 0 Å². The highest BCUT2D eigenvalue weighted by Crippen LogP contribution is 2.02. The predicted octanol–water partition coefficient (Wildman–Crippen LogP) is 4.84. The molecule has 0 heterocycles. The first-order chi connectivity index (χ1) is 9.77. The lowest BCUT2D eigenvalue weighted by atomic mass is 10.2. The summed E-state index contributed by atoms with van der Waals surface area (Å²) in [5, 5.41) is 8.48. The van der Waals surface area contributed by atoms with Crippen molar-refractivity contribution in [1.82, 2.24) is 0 Å². The Morgan fingerprint density at radius 2 is 1.29 bits per heavy atom. The number of rotatable bonds is 13. The number of carbonyl (C=O) groups is 1. The average Bonchev–Trinajstić information content (AvgIpc) is 2.43. The molecule has 0 aromatic carbocycles. The van der Waals surface area contributed by atoms with Gasteiger partial charge in [-0.25, -0.2) is 0 Å². The van der Waals surface area contributed by atoms with Crippen LogP contribution in [0.25, 0.3) is 0 Å². The molecule has 0 aliphatic carbocycles. The summed E-state index contributed by atoms with van der Waals surface area (Å²) in [6.07, 6.45) is 23.3. The number of allylic oxidation sites excluding steroid dienone is 6. The van der Waals surface area contributed by atoms with Crippen LogP contribution in [0.3, 0.4) is 0 Å². The molecule has 0 bridgehead atoms. The number of carboxylic acids is 1. The molecular formula is C18H32O3. The summed E-state index contributed by atoms with van der Waals surface area (Å²) < 4.78 is 0. The van der Waals surface area contributed by atoms with E-state index in [1.807, 2.05) is 0 Å². The molecular weight excluding hydrogens is 264 g/mol. The molecule has 0 saturated carbocycles. The fourth-order valence-corrected chi connectivity index (χ4v) is 1.83. The van der Waals surface area contributed by atoms with Gasteiger partial charge in [0, 0.05) is 6.42 Å². The number of unbranched alkanes of at least 4 members (excludes halogenated alkanes) is 5. The lowest BCUT2D eigenvalue weighted by Crippen LogP contribution is -1.92. The zero-order valence-corrected chi connectivity index (χ0v) is 13.4. The third-order valence-corrected chi connectivity index (χ3v) is 3.03. The Morgan fingerprint density at radius 3 is 1.76 bits per heavy atom. The Morgan fingerprint density at radius 1 is 0.810 bits per heavy atom. The summed E-state index contributed by atoms with van der Waals surface area (Å²) in [7, 11) is 0. The highest BCUT2D eigenvalue weighted by Gasteiger charge is 1.93. The van der Waals surface area contributed by atoms with Gasteiger partial charge in [0.1, 0.15) is 0 Å². The quantitative estimate of drug-likeness (QED) is 0.390. The maximum Gasteiger partial charge on any atom is 0.303 e. The van der Waals surface area contributed by atoms with Crippen molar-refractivity contribution in [3.05, 3.63) is 36.5 Å². The van der Waals surface area contributed by atoms with Crippen molar-refractivity contribution in [1.29, 1.82) is 0 Å². The van der Waals surface area contributed by atoms with Crippen LogP contribution >= 0.6 is 0 Å². The summed E-state index contributed by atoms with van der Waals surface area (Å²) >= 11 is 0. The van der Waals surface area contributed by atoms with Gasteiger partial charge in [-0.15, -0.1) is 0 Å². The molecule has 0 amide bonds. The van der Waals surface area contributed by atoms with E-state index in [2.05, 4.69) is 43.4 Å². The van der Waals surface area contributed by atoms with E-state index < -0.39 is 5.97 Å². The minimum absolute atomic E-state index is 0. The lowest BCUT2D eigenvalue weighted by Gasteiger charge is -1.92. The average molecular weight is 296 g/mol. The summed E-state index contributed by atoms with van der Waals surface area (Å²) in [5.41, 5.74) is 0. The standard InChI is InChI=1S/C18H30O2.H2O/c1-2-3-4-5-6-7-8-9-10-11-12-13-14-15-16-17-18(19)20;/h6-7,9-10,12-13H,2-5,8,11,14-17H2,1H3,(H,19,20);1H2/b7-6-,10-9-,13-12-;. The Hall–Kier alpha value is -1.35. The van der Waals surface area contributed by atoms with Crippen molar-refractivity contribution < 1.29 is 15.4 Å². The summed E-state index contributed by atoms with van der Waals surface area (Å²) in [6, 6.07) is 0. The Kier molecular flexibility index (Phi) is 19.5. The molecule has 0 atom stereocenters. The molecule has 122 valence electrons. The second kappa shape index (κ2) is 18.7. The van der Waals surface area contributed by atoms with Gasteiger partial charge in [-0.05, 0) is 44.9 Å². The predicted molar refractivity (Wildman–Crippen MR) is 90.5 cm³/mol.